The molecule has 0 radical (unpaired) electrons. The molecule has 1 unspecified atom stereocenters. The van der Waals surface area contributed by atoms with E-state index in [1.54, 1.807) is 23.5 Å². The van der Waals surface area contributed by atoms with Crippen LogP contribution in [-0.2, 0) is 6.54 Å². The summed E-state index contributed by atoms with van der Waals surface area (Å²) in [6.45, 7) is 4.90. The molecule has 1 aromatic heterocycles. The van der Waals surface area contributed by atoms with Crippen molar-refractivity contribution >= 4 is 11.3 Å². The molecule has 96 valence electrons. The van der Waals surface area contributed by atoms with E-state index in [0.717, 1.165) is 12.1 Å². The van der Waals surface area contributed by atoms with Gasteiger partial charge in [-0.15, -0.1) is 11.3 Å². The lowest BCUT2D eigenvalue weighted by Gasteiger charge is -2.14. The van der Waals surface area contributed by atoms with Crippen molar-refractivity contribution in [2.45, 2.75) is 26.4 Å². The van der Waals surface area contributed by atoms with E-state index in [2.05, 4.69) is 23.7 Å². The summed E-state index contributed by atoms with van der Waals surface area (Å²) in [5.41, 5.74) is 2.17. The maximum atomic E-state index is 9.45. The normalized spacial score (nSPS) is 12.6. The van der Waals surface area contributed by atoms with Crippen LogP contribution < -0.4 is 5.32 Å². The van der Waals surface area contributed by atoms with E-state index in [4.69, 9.17) is 0 Å². The van der Waals surface area contributed by atoms with Crippen molar-refractivity contribution in [3.05, 3.63) is 45.6 Å². The molecule has 0 saturated carbocycles. The van der Waals surface area contributed by atoms with Crippen molar-refractivity contribution in [3.8, 4) is 11.5 Å². The fourth-order valence-corrected chi connectivity index (χ4v) is 2.67. The van der Waals surface area contributed by atoms with Crippen LogP contribution in [0, 0.1) is 6.92 Å². The van der Waals surface area contributed by atoms with Crippen LogP contribution in [0.1, 0.15) is 29.0 Å². The van der Waals surface area contributed by atoms with E-state index in [9.17, 15) is 10.2 Å². The standard InChI is InChI=1S/C14H17NO2S/c1-9-3-4-18-14(9)8-15-10(2)11-5-12(16)7-13(17)6-11/h3-7,10,15-17H,8H2,1-2H3. The summed E-state index contributed by atoms with van der Waals surface area (Å²) in [6.07, 6.45) is 0. The number of thiophene rings is 1. The number of rotatable bonds is 4. The van der Waals surface area contributed by atoms with Gasteiger partial charge in [-0.3, -0.25) is 0 Å². The average molecular weight is 263 g/mol. The minimum absolute atomic E-state index is 0.0736. The summed E-state index contributed by atoms with van der Waals surface area (Å²) < 4.78 is 0. The summed E-state index contributed by atoms with van der Waals surface area (Å²) in [7, 11) is 0. The molecule has 0 aliphatic heterocycles. The molecule has 0 spiro atoms. The number of aryl methyl sites for hydroxylation is 1. The van der Waals surface area contributed by atoms with Crippen molar-refractivity contribution < 1.29 is 10.2 Å². The number of nitrogens with one attached hydrogen (secondary N) is 1. The maximum Gasteiger partial charge on any atom is 0.119 e. The molecule has 2 rings (SSSR count). The Balaban J connectivity index is 2.03. The number of hydrogen-bond acceptors (Lipinski definition) is 4. The molecule has 3 N–H and O–H groups in total. The molecule has 4 heteroatoms. The third kappa shape index (κ3) is 3.03. The van der Waals surface area contributed by atoms with Gasteiger partial charge in [0, 0.05) is 23.5 Å². The summed E-state index contributed by atoms with van der Waals surface area (Å²) in [5, 5.41) is 24.4. The Morgan fingerprint density at radius 2 is 1.89 bits per heavy atom. The van der Waals surface area contributed by atoms with Gasteiger partial charge in [0.15, 0.2) is 0 Å². The molecule has 1 aromatic carbocycles. The number of aromatic hydroxyl groups is 2. The Morgan fingerprint density at radius 3 is 2.44 bits per heavy atom. The highest BCUT2D eigenvalue weighted by Gasteiger charge is 2.08. The largest absolute Gasteiger partial charge is 0.508 e. The molecule has 2 aromatic rings. The highest BCUT2D eigenvalue weighted by molar-refractivity contribution is 7.10. The first-order chi connectivity index (χ1) is 8.56. The van der Waals surface area contributed by atoms with E-state index >= 15 is 0 Å². The first-order valence-corrected chi connectivity index (χ1v) is 6.73. The van der Waals surface area contributed by atoms with Crippen LogP contribution in [0.4, 0.5) is 0 Å². The number of phenols is 2. The molecule has 18 heavy (non-hydrogen) atoms. The van der Waals surface area contributed by atoms with Crippen LogP contribution in [-0.4, -0.2) is 10.2 Å². The van der Waals surface area contributed by atoms with Gasteiger partial charge in [0.2, 0.25) is 0 Å². The van der Waals surface area contributed by atoms with Gasteiger partial charge in [0.05, 0.1) is 0 Å². The van der Waals surface area contributed by atoms with Crippen molar-refractivity contribution in [3.63, 3.8) is 0 Å². The van der Waals surface area contributed by atoms with Crippen LogP contribution >= 0.6 is 11.3 Å². The summed E-state index contributed by atoms with van der Waals surface area (Å²) in [4.78, 5) is 1.31. The topological polar surface area (TPSA) is 52.5 Å². The Kier molecular flexibility index (Phi) is 3.89. The van der Waals surface area contributed by atoms with Gasteiger partial charge in [0.1, 0.15) is 11.5 Å². The smallest absolute Gasteiger partial charge is 0.119 e. The fourth-order valence-electron chi connectivity index (χ4n) is 1.82. The van der Waals surface area contributed by atoms with Crippen molar-refractivity contribution in [1.29, 1.82) is 0 Å². The molecule has 0 bridgehead atoms. The van der Waals surface area contributed by atoms with Gasteiger partial charge in [-0.05, 0) is 48.6 Å². The van der Waals surface area contributed by atoms with Crippen LogP contribution in [0.3, 0.4) is 0 Å². The Morgan fingerprint density at radius 1 is 1.22 bits per heavy atom. The zero-order valence-electron chi connectivity index (χ0n) is 10.5. The third-order valence-electron chi connectivity index (χ3n) is 2.96. The minimum Gasteiger partial charge on any atom is -0.508 e. The fraction of sp³-hybridized carbons (Fsp3) is 0.286. The number of hydrogen-bond donors (Lipinski definition) is 3. The lowest BCUT2D eigenvalue weighted by atomic mass is 10.1. The Hall–Kier alpha value is -1.52. The molecular weight excluding hydrogens is 246 g/mol. The van der Waals surface area contributed by atoms with Crippen LogP contribution in [0.15, 0.2) is 29.6 Å². The summed E-state index contributed by atoms with van der Waals surface area (Å²) in [5.74, 6) is 0.178. The predicted molar refractivity (Wildman–Crippen MR) is 74.1 cm³/mol. The second kappa shape index (κ2) is 5.42. The molecule has 0 aliphatic rings. The summed E-state index contributed by atoms with van der Waals surface area (Å²) >= 11 is 1.73. The van der Waals surface area contributed by atoms with E-state index in [1.165, 1.54) is 16.5 Å². The zero-order chi connectivity index (χ0) is 13.1. The zero-order valence-corrected chi connectivity index (χ0v) is 11.3. The number of benzene rings is 1. The molecular formula is C14H17NO2S. The van der Waals surface area contributed by atoms with Gasteiger partial charge < -0.3 is 15.5 Å². The predicted octanol–water partition coefficient (Wildman–Crippen LogP) is 3.32. The Bertz CT molecular complexity index is 516. The van der Waals surface area contributed by atoms with Gasteiger partial charge in [0.25, 0.3) is 0 Å². The van der Waals surface area contributed by atoms with Crippen LogP contribution in [0.25, 0.3) is 0 Å². The summed E-state index contributed by atoms with van der Waals surface area (Å²) in [6, 6.07) is 6.84. The van der Waals surface area contributed by atoms with Gasteiger partial charge in [-0.2, -0.15) is 0 Å². The molecule has 0 amide bonds. The lowest BCUT2D eigenvalue weighted by Crippen LogP contribution is -2.17. The maximum absolute atomic E-state index is 9.45. The van der Waals surface area contributed by atoms with Gasteiger partial charge in [-0.25, -0.2) is 0 Å². The SMILES string of the molecule is Cc1ccsc1CNC(C)c1cc(O)cc(O)c1. The number of phenolic OH excluding ortho intramolecular Hbond substituents is 2. The first-order valence-electron chi connectivity index (χ1n) is 5.85. The monoisotopic (exact) mass is 263 g/mol. The highest BCUT2D eigenvalue weighted by Crippen LogP contribution is 2.25. The van der Waals surface area contributed by atoms with E-state index in [-0.39, 0.29) is 17.5 Å². The van der Waals surface area contributed by atoms with Crippen molar-refractivity contribution in [2.24, 2.45) is 0 Å². The van der Waals surface area contributed by atoms with Crippen molar-refractivity contribution in [2.75, 3.05) is 0 Å². The first kappa shape index (κ1) is 12.9. The highest BCUT2D eigenvalue weighted by atomic mass is 32.1. The van der Waals surface area contributed by atoms with Crippen molar-refractivity contribution in [1.82, 2.24) is 5.32 Å². The molecule has 3 nitrogen and oxygen atoms in total. The Labute approximate surface area is 111 Å². The molecule has 0 aliphatic carbocycles. The molecule has 0 saturated heterocycles. The van der Waals surface area contributed by atoms with E-state index in [0.29, 0.717) is 0 Å². The average Bonchev–Trinajstić information content (AvgIpc) is 2.70. The second-order valence-corrected chi connectivity index (χ2v) is 5.41. The molecule has 1 atom stereocenters. The lowest BCUT2D eigenvalue weighted by molar-refractivity contribution is 0.446. The van der Waals surface area contributed by atoms with Gasteiger partial charge in [-0.1, -0.05) is 0 Å². The van der Waals surface area contributed by atoms with Crippen LogP contribution in [0.2, 0.25) is 0 Å². The van der Waals surface area contributed by atoms with E-state index < -0.39 is 0 Å². The molecule has 1 heterocycles. The molecule has 0 fully saturated rings. The quantitative estimate of drug-likeness (QED) is 0.793. The minimum atomic E-state index is 0.0736. The second-order valence-electron chi connectivity index (χ2n) is 4.41. The van der Waals surface area contributed by atoms with Gasteiger partial charge >= 0.3 is 0 Å². The van der Waals surface area contributed by atoms with E-state index in [1.807, 2.05) is 6.92 Å². The third-order valence-corrected chi connectivity index (χ3v) is 3.98. The van der Waals surface area contributed by atoms with Crippen LogP contribution in [0.5, 0.6) is 11.5 Å².